The van der Waals surface area contributed by atoms with E-state index in [9.17, 15) is 4.79 Å². The predicted molar refractivity (Wildman–Crippen MR) is 95.4 cm³/mol. The van der Waals surface area contributed by atoms with E-state index in [1.165, 1.54) is 6.42 Å². The van der Waals surface area contributed by atoms with E-state index in [0.29, 0.717) is 5.92 Å². The number of amides is 1. The Morgan fingerprint density at radius 2 is 2.25 bits per heavy atom. The molecule has 0 aliphatic carbocycles. The van der Waals surface area contributed by atoms with Gasteiger partial charge in [-0.25, -0.2) is 4.68 Å². The zero-order valence-electron chi connectivity index (χ0n) is 14.6. The number of nitrogens with zero attached hydrogens (tertiary/aromatic N) is 4. The van der Waals surface area contributed by atoms with Gasteiger partial charge in [-0.2, -0.15) is 5.10 Å². The number of aromatic nitrogens is 2. The van der Waals surface area contributed by atoms with Gasteiger partial charge < -0.3 is 9.80 Å². The Hall–Kier alpha value is -2.14. The van der Waals surface area contributed by atoms with Crippen molar-refractivity contribution in [3.8, 4) is 5.69 Å². The molecule has 1 aromatic carbocycles. The van der Waals surface area contributed by atoms with Crippen molar-refractivity contribution in [2.75, 3.05) is 33.2 Å². The van der Waals surface area contributed by atoms with Gasteiger partial charge in [-0.3, -0.25) is 4.79 Å². The van der Waals surface area contributed by atoms with E-state index in [4.69, 9.17) is 0 Å². The van der Waals surface area contributed by atoms with E-state index in [1.807, 2.05) is 41.4 Å². The lowest BCUT2D eigenvalue weighted by atomic mass is 10.1. The van der Waals surface area contributed by atoms with E-state index in [1.54, 1.807) is 10.9 Å². The first-order chi connectivity index (χ1) is 11.7. The summed E-state index contributed by atoms with van der Waals surface area (Å²) in [6.07, 6.45) is 5.90. The van der Waals surface area contributed by atoms with Gasteiger partial charge >= 0.3 is 0 Å². The summed E-state index contributed by atoms with van der Waals surface area (Å²) in [6, 6.07) is 9.59. The first-order valence-corrected chi connectivity index (χ1v) is 8.75. The third kappa shape index (κ3) is 3.85. The Morgan fingerprint density at radius 1 is 1.38 bits per heavy atom. The molecule has 0 unspecified atom stereocenters. The van der Waals surface area contributed by atoms with Crippen LogP contribution in [0.1, 0.15) is 30.1 Å². The molecule has 1 aliphatic rings. The van der Waals surface area contributed by atoms with E-state index >= 15 is 0 Å². The summed E-state index contributed by atoms with van der Waals surface area (Å²) in [6.45, 7) is 6.11. The smallest absolute Gasteiger partial charge is 0.253 e. The lowest BCUT2D eigenvalue weighted by Crippen LogP contribution is -2.32. The minimum atomic E-state index is 0.129. The van der Waals surface area contributed by atoms with Crippen LogP contribution in [0.3, 0.4) is 0 Å². The Kier molecular flexibility index (Phi) is 5.30. The van der Waals surface area contributed by atoms with E-state index in [0.717, 1.165) is 43.9 Å². The number of carbonyl (C=O) groups is 1. The number of rotatable bonds is 6. The van der Waals surface area contributed by atoms with Gasteiger partial charge in [0, 0.05) is 37.6 Å². The maximum Gasteiger partial charge on any atom is 0.253 e. The van der Waals surface area contributed by atoms with Crippen LogP contribution in [0.4, 0.5) is 0 Å². The molecular formula is C19H26N4O. The summed E-state index contributed by atoms with van der Waals surface area (Å²) in [5, 5.41) is 4.23. The lowest BCUT2D eigenvalue weighted by Gasteiger charge is -2.21. The fourth-order valence-corrected chi connectivity index (χ4v) is 3.47. The van der Waals surface area contributed by atoms with Crippen LogP contribution in [0, 0.1) is 5.92 Å². The predicted octanol–water partition coefficient (Wildman–Crippen LogP) is 2.68. The second-order valence-corrected chi connectivity index (χ2v) is 6.67. The van der Waals surface area contributed by atoms with Crippen molar-refractivity contribution in [3.05, 3.63) is 48.3 Å². The second-order valence-electron chi connectivity index (χ2n) is 6.67. The highest BCUT2D eigenvalue weighted by atomic mass is 16.2. The van der Waals surface area contributed by atoms with Gasteiger partial charge in [-0.1, -0.05) is 13.0 Å². The van der Waals surface area contributed by atoms with Gasteiger partial charge in [0.25, 0.3) is 5.91 Å². The highest BCUT2D eigenvalue weighted by Gasteiger charge is 2.27. The zero-order chi connectivity index (χ0) is 16.9. The number of benzene rings is 1. The summed E-state index contributed by atoms with van der Waals surface area (Å²) >= 11 is 0. The topological polar surface area (TPSA) is 41.4 Å². The molecule has 1 aliphatic heterocycles. The molecule has 1 amide bonds. The van der Waals surface area contributed by atoms with Gasteiger partial charge in [0.1, 0.15) is 0 Å². The first-order valence-electron chi connectivity index (χ1n) is 8.75. The second kappa shape index (κ2) is 7.62. The molecule has 1 atom stereocenters. The average Bonchev–Trinajstić information content (AvgIpc) is 3.26. The molecule has 1 saturated heterocycles. The lowest BCUT2D eigenvalue weighted by molar-refractivity contribution is 0.0784. The molecule has 0 saturated carbocycles. The maximum absolute atomic E-state index is 12.8. The summed E-state index contributed by atoms with van der Waals surface area (Å²) in [5.41, 5.74) is 1.66. The van der Waals surface area contributed by atoms with Crippen LogP contribution >= 0.6 is 0 Å². The van der Waals surface area contributed by atoms with Crippen molar-refractivity contribution in [2.24, 2.45) is 5.92 Å². The molecule has 5 nitrogen and oxygen atoms in total. The Balaban J connectivity index is 1.64. The molecule has 5 heteroatoms. The van der Waals surface area contributed by atoms with Crippen molar-refractivity contribution in [3.63, 3.8) is 0 Å². The van der Waals surface area contributed by atoms with Crippen LogP contribution < -0.4 is 0 Å². The molecular weight excluding hydrogens is 300 g/mol. The molecule has 1 aromatic heterocycles. The normalized spacial score (nSPS) is 17.6. The quantitative estimate of drug-likeness (QED) is 0.819. The molecule has 3 rings (SSSR count). The standard InChI is InChI=1S/C19H26N4O/c1-3-10-21(2)14-16-8-12-22(15-16)19(24)17-6-4-7-18(13-17)23-11-5-9-20-23/h4-7,9,11,13,16H,3,8,10,12,14-15H2,1-2H3/t16-/m0/s1. The first kappa shape index (κ1) is 16.7. The maximum atomic E-state index is 12.8. The SMILES string of the molecule is CCCN(C)C[C@@H]1CCN(C(=O)c2cccc(-n3cccn3)c2)C1. The summed E-state index contributed by atoms with van der Waals surface area (Å²) in [7, 11) is 2.17. The number of carbonyl (C=O) groups excluding carboxylic acids is 1. The minimum absolute atomic E-state index is 0.129. The molecule has 128 valence electrons. The molecule has 24 heavy (non-hydrogen) atoms. The molecule has 0 spiro atoms. The van der Waals surface area contributed by atoms with Gasteiger partial charge in [0.2, 0.25) is 0 Å². The zero-order valence-corrected chi connectivity index (χ0v) is 14.6. The molecule has 1 fully saturated rings. The Morgan fingerprint density at radius 3 is 3.00 bits per heavy atom. The molecule has 0 N–H and O–H groups in total. The third-order valence-corrected chi connectivity index (χ3v) is 4.61. The Bertz CT molecular complexity index is 668. The van der Waals surface area contributed by atoms with Crippen molar-refractivity contribution in [2.45, 2.75) is 19.8 Å². The largest absolute Gasteiger partial charge is 0.338 e. The van der Waals surface area contributed by atoms with Crippen LogP contribution in [-0.4, -0.2) is 58.7 Å². The summed E-state index contributed by atoms with van der Waals surface area (Å²) in [5.74, 6) is 0.712. The van der Waals surface area contributed by atoms with E-state index in [-0.39, 0.29) is 5.91 Å². The van der Waals surface area contributed by atoms with Crippen LogP contribution in [0.15, 0.2) is 42.7 Å². The van der Waals surface area contributed by atoms with Gasteiger partial charge in [-0.15, -0.1) is 0 Å². The fraction of sp³-hybridized carbons (Fsp3) is 0.474. The van der Waals surface area contributed by atoms with Crippen molar-refractivity contribution in [1.29, 1.82) is 0 Å². The van der Waals surface area contributed by atoms with Crippen LogP contribution in [0.25, 0.3) is 5.69 Å². The molecule has 2 heterocycles. The molecule has 0 bridgehead atoms. The number of hydrogen-bond donors (Lipinski definition) is 0. The van der Waals surface area contributed by atoms with Crippen molar-refractivity contribution < 1.29 is 4.79 Å². The van der Waals surface area contributed by atoms with Crippen molar-refractivity contribution in [1.82, 2.24) is 19.6 Å². The van der Waals surface area contributed by atoms with Gasteiger partial charge in [0.15, 0.2) is 0 Å². The third-order valence-electron chi connectivity index (χ3n) is 4.61. The molecule has 2 aromatic rings. The average molecular weight is 326 g/mol. The van der Waals surface area contributed by atoms with E-state index < -0.39 is 0 Å². The van der Waals surface area contributed by atoms with Crippen LogP contribution in [0.2, 0.25) is 0 Å². The minimum Gasteiger partial charge on any atom is -0.338 e. The van der Waals surface area contributed by atoms with E-state index in [2.05, 4.69) is 24.0 Å². The summed E-state index contributed by atoms with van der Waals surface area (Å²) < 4.78 is 1.78. The van der Waals surface area contributed by atoms with Crippen LogP contribution in [0.5, 0.6) is 0 Å². The van der Waals surface area contributed by atoms with Gasteiger partial charge in [-0.05, 0) is 56.6 Å². The Labute approximate surface area is 143 Å². The number of hydrogen-bond acceptors (Lipinski definition) is 3. The van der Waals surface area contributed by atoms with Crippen LogP contribution in [-0.2, 0) is 0 Å². The highest BCUT2D eigenvalue weighted by Crippen LogP contribution is 2.20. The summed E-state index contributed by atoms with van der Waals surface area (Å²) in [4.78, 5) is 17.2. The fourth-order valence-electron chi connectivity index (χ4n) is 3.47. The van der Waals surface area contributed by atoms with Gasteiger partial charge in [0.05, 0.1) is 5.69 Å². The van der Waals surface area contributed by atoms with Crippen molar-refractivity contribution >= 4 is 5.91 Å². The molecule has 0 radical (unpaired) electrons. The highest BCUT2D eigenvalue weighted by molar-refractivity contribution is 5.94. The monoisotopic (exact) mass is 326 g/mol. The number of likely N-dealkylation sites (tertiary alicyclic amines) is 1.